The van der Waals surface area contributed by atoms with Gasteiger partial charge in [0.25, 0.3) is 0 Å². The fourth-order valence-corrected chi connectivity index (χ4v) is 3.27. The average Bonchev–Trinajstić information content (AvgIpc) is 2.47. The van der Waals surface area contributed by atoms with Crippen molar-refractivity contribution in [2.75, 3.05) is 14.2 Å². The van der Waals surface area contributed by atoms with Crippen LogP contribution in [0.2, 0.25) is 5.02 Å². The molecule has 0 bridgehead atoms. The predicted molar refractivity (Wildman–Crippen MR) is 78.1 cm³/mol. The van der Waals surface area contributed by atoms with Crippen LogP contribution in [-0.2, 0) is 0 Å². The number of halogens is 1. The van der Waals surface area contributed by atoms with Gasteiger partial charge in [0.2, 0.25) is 0 Å². The molecular formula is C15H22ClNO2. The van der Waals surface area contributed by atoms with Crippen LogP contribution in [0, 0.1) is 5.92 Å². The Balaban J connectivity index is 2.28. The minimum Gasteiger partial charge on any atom is -0.493 e. The number of hydrogen-bond donors (Lipinski definition) is 1. The number of rotatable bonds is 4. The second-order valence-corrected chi connectivity index (χ2v) is 5.51. The molecule has 4 heteroatoms. The molecule has 2 N–H and O–H groups in total. The topological polar surface area (TPSA) is 44.5 Å². The zero-order valence-electron chi connectivity index (χ0n) is 11.6. The van der Waals surface area contributed by atoms with Crippen molar-refractivity contribution in [1.82, 2.24) is 0 Å². The first-order valence-electron chi connectivity index (χ1n) is 6.85. The lowest BCUT2D eigenvalue weighted by atomic mass is 9.81. The largest absolute Gasteiger partial charge is 0.493 e. The summed E-state index contributed by atoms with van der Waals surface area (Å²) in [7, 11) is 3.20. The Bertz CT molecular complexity index is 430. The summed E-state index contributed by atoms with van der Waals surface area (Å²) in [6, 6.07) is 3.82. The van der Waals surface area contributed by atoms with Crippen LogP contribution in [0.1, 0.15) is 43.7 Å². The number of methoxy groups -OCH3 is 2. The third-order valence-electron chi connectivity index (χ3n) is 4.03. The molecule has 2 rings (SSSR count). The molecule has 0 heterocycles. The van der Waals surface area contributed by atoms with Gasteiger partial charge in [-0.2, -0.15) is 0 Å². The van der Waals surface area contributed by atoms with Gasteiger partial charge in [-0.05, 0) is 30.4 Å². The van der Waals surface area contributed by atoms with Crippen LogP contribution in [0.25, 0.3) is 0 Å². The van der Waals surface area contributed by atoms with Gasteiger partial charge in [-0.3, -0.25) is 0 Å². The van der Waals surface area contributed by atoms with E-state index < -0.39 is 0 Å². The molecule has 0 amide bonds. The molecule has 1 aliphatic carbocycles. The minimum absolute atomic E-state index is 0.0207. The van der Waals surface area contributed by atoms with Gasteiger partial charge in [-0.15, -0.1) is 0 Å². The Labute approximate surface area is 120 Å². The van der Waals surface area contributed by atoms with Crippen molar-refractivity contribution in [2.45, 2.75) is 38.1 Å². The van der Waals surface area contributed by atoms with Crippen LogP contribution in [0.15, 0.2) is 12.1 Å². The summed E-state index contributed by atoms with van der Waals surface area (Å²) in [4.78, 5) is 0. The van der Waals surface area contributed by atoms with E-state index in [0.29, 0.717) is 22.4 Å². The van der Waals surface area contributed by atoms with Gasteiger partial charge in [0, 0.05) is 6.04 Å². The van der Waals surface area contributed by atoms with E-state index in [1.54, 1.807) is 14.2 Å². The van der Waals surface area contributed by atoms with Gasteiger partial charge in [-0.1, -0.05) is 36.9 Å². The summed E-state index contributed by atoms with van der Waals surface area (Å²) in [6.45, 7) is 0. The number of hydrogen-bond acceptors (Lipinski definition) is 3. The molecular weight excluding hydrogens is 262 g/mol. The Morgan fingerprint density at radius 1 is 1.16 bits per heavy atom. The second kappa shape index (κ2) is 6.49. The molecule has 3 nitrogen and oxygen atoms in total. The first-order chi connectivity index (χ1) is 9.19. The van der Waals surface area contributed by atoms with Gasteiger partial charge in [0.1, 0.15) is 0 Å². The van der Waals surface area contributed by atoms with E-state index in [0.717, 1.165) is 5.56 Å². The van der Waals surface area contributed by atoms with E-state index >= 15 is 0 Å². The monoisotopic (exact) mass is 283 g/mol. The number of ether oxygens (including phenoxy) is 2. The zero-order chi connectivity index (χ0) is 13.8. The van der Waals surface area contributed by atoms with Crippen LogP contribution < -0.4 is 15.2 Å². The molecule has 1 atom stereocenters. The first-order valence-corrected chi connectivity index (χ1v) is 7.22. The molecule has 106 valence electrons. The Morgan fingerprint density at radius 3 is 2.42 bits per heavy atom. The highest BCUT2D eigenvalue weighted by atomic mass is 35.5. The van der Waals surface area contributed by atoms with Crippen molar-refractivity contribution >= 4 is 11.6 Å². The van der Waals surface area contributed by atoms with Crippen LogP contribution in [0.3, 0.4) is 0 Å². The molecule has 0 saturated heterocycles. The summed E-state index contributed by atoms with van der Waals surface area (Å²) >= 11 is 6.42. The van der Waals surface area contributed by atoms with E-state index in [2.05, 4.69) is 0 Å². The van der Waals surface area contributed by atoms with Gasteiger partial charge in [-0.25, -0.2) is 0 Å². The Hall–Kier alpha value is -0.930. The number of nitrogens with two attached hydrogens (primary N) is 1. The number of benzene rings is 1. The lowest BCUT2D eigenvalue weighted by Crippen LogP contribution is -2.24. The van der Waals surface area contributed by atoms with Gasteiger partial charge in [0.15, 0.2) is 11.5 Å². The molecule has 1 aromatic rings. The van der Waals surface area contributed by atoms with E-state index in [-0.39, 0.29) is 6.04 Å². The Morgan fingerprint density at radius 2 is 1.84 bits per heavy atom. The second-order valence-electron chi connectivity index (χ2n) is 5.13. The molecule has 1 aromatic carbocycles. The van der Waals surface area contributed by atoms with Crippen LogP contribution >= 0.6 is 11.6 Å². The quantitative estimate of drug-likeness (QED) is 0.910. The van der Waals surface area contributed by atoms with Gasteiger partial charge < -0.3 is 15.2 Å². The molecule has 0 aromatic heterocycles. The third kappa shape index (κ3) is 2.98. The summed E-state index contributed by atoms with van der Waals surface area (Å²) < 4.78 is 10.6. The fourth-order valence-electron chi connectivity index (χ4n) is 2.91. The van der Waals surface area contributed by atoms with Crippen LogP contribution in [-0.4, -0.2) is 14.2 Å². The summed E-state index contributed by atoms with van der Waals surface area (Å²) in [6.07, 6.45) is 6.23. The van der Waals surface area contributed by atoms with Crippen molar-refractivity contribution in [3.8, 4) is 11.5 Å². The van der Waals surface area contributed by atoms with Crippen LogP contribution in [0.4, 0.5) is 0 Å². The van der Waals surface area contributed by atoms with Crippen LogP contribution in [0.5, 0.6) is 11.5 Å². The standard InChI is InChI=1S/C15H22ClNO2/c1-18-12-9-8-11(13(16)15(12)19-2)14(17)10-6-4-3-5-7-10/h8-10,14H,3-7,17H2,1-2H3/t14-/m0/s1. The normalized spacial score (nSPS) is 18.1. The molecule has 0 spiro atoms. The van der Waals surface area contributed by atoms with E-state index in [1.807, 2.05) is 12.1 Å². The molecule has 1 fully saturated rings. The molecule has 1 aliphatic rings. The highest BCUT2D eigenvalue weighted by molar-refractivity contribution is 6.33. The third-order valence-corrected chi connectivity index (χ3v) is 4.42. The highest BCUT2D eigenvalue weighted by Crippen LogP contribution is 2.42. The van der Waals surface area contributed by atoms with Crippen molar-refractivity contribution in [3.05, 3.63) is 22.7 Å². The summed E-state index contributed by atoms with van der Waals surface area (Å²) in [5.74, 6) is 1.74. The maximum Gasteiger partial charge on any atom is 0.179 e. The lowest BCUT2D eigenvalue weighted by Gasteiger charge is -2.28. The van der Waals surface area contributed by atoms with Gasteiger partial charge >= 0.3 is 0 Å². The van der Waals surface area contributed by atoms with Gasteiger partial charge in [0.05, 0.1) is 19.2 Å². The molecule has 1 saturated carbocycles. The van der Waals surface area contributed by atoms with E-state index in [1.165, 1.54) is 32.1 Å². The Kier molecular flexibility index (Phi) is 4.94. The van der Waals surface area contributed by atoms with Crippen molar-refractivity contribution in [2.24, 2.45) is 11.7 Å². The van der Waals surface area contributed by atoms with E-state index in [4.69, 9.17) is 26.8 Å². The summed E-state index contributed by atoms with van der Waals surface area (Å²) in [5, 5.41) is 0.583. The maximum atomic E-state index is 6.42. The molecule has 0 radical (unpaired) electrons. The lowest BCUT2D eigenvalue weighted by molar-refractivity contribution is 0.306. The first kappa shape index (κ1) is 14.5. The molecule has 0 aliphatic heterocycles. The van der Waals surface area contributed by atoms with E-state index in [9.17, 15) is 0 Å². The van der Waals surface area contributed by atoms with Crippen molar-refractivity contribution < 1.29 is 9.47 Å². The SMILES string of the molecule is COc1ccc([C@@H](N)C2CCCCC2)c(Cl)c1OC. The highest BCUT2D eigenvalue weighted by Gasteiger charge is 2.25. The molecule has 0 unspecified atom stereocenters. The smallest absolute Gasteiger partial charge is 0.179 e. The fraction of sp³-hybridized carbons (Fsp3) is 0.600. The summed E-state index contributed by atoms with van der Waals surface area (Å²) in [5.41, 5.74) is 7.37. The molecule has 19 heavy (non-hydrogen) atoms. The average molecular weight is 284 g/mol. The predicted octanol–water partition coefficient (Wildman–Crippen LogP) is 3.94. The zero-order valence-corrected chi connectivity index (χ0v) is 12.4. The van der Waals surface area contributed by atoms with Crippen molar-refractivity contribution in [1.29, 1.82) is 0 Å². The maximum absolute atomic E-state index is 6.42. The minimum atomic E-state index is -0.0207. The van der Waals surface area contributed by atoms with Crippen molar-refractivity contribution in [3.63, 3.8) is 0 Å².